The van der Waals surface area contributed by atoms with Gasteiger partial charge in [0.05, 0.1) is 5.02 Å². The van der Waals surface area contributed by atoms with Crippen molar-refractivity contribution in [2.24, 2.45) is 0 Å². The average molecular weight is 335 g/mol. The van der Waals surface area contributed by atoms with Gasteiger partial charge in [0.15, 0.2) is 34.5 Å². The Morgan fingerprint density at radius 1 is 0.870 bits per heavy atom. The Hall–Kier alpha value is -2.07. The second kappa shape index (κ2) is 6.20. The summed E-state index contributed by atoms with van der Waals surface area (Å²) in [6, 6.07) is 5.27. The highest BCUT2D eigenvalue weighted by molar-refractivity contribution is 6.32. The first-order valence-corrected chi connectivity index (χ1v) is 8.20. The van der Waals surface area contributed by atoms with Crippen molar-refractivity contribution in [1.82, 2.24) is 0 Å². The summed E-state index contributed by atoms with van der Waals surface area (Å²) in [5.41, 5.74) is 1.11. The van der Waals surface area contributed by atoms with Crippen LogP contribution in [-0.4, -0.2) is 10.2 Å². The fourth-order valence-electron chi connectivity index (χ4n) is 2.84. The lowest BCUT2D eigenvalue weighted by atomic mass is 9.98. The van der Waals surface area contributed by atoms with Crippen LogP contribution >= 0.6 is 11.6 Å². The molecule has 122 valence electrons. The summed E-state index contributed by atoms with van der Waals surface area (Å²) >= 11 is 6.19. The molecule has 1 heterocycles. The van der Waals surface area contributed by atoms with Crippen LogP contribution in [0.2, 0.25) is 5.02 Å². The molecule has 0 bridgehead atoms. The van der Waals surface area contributed by atoms with Gasteiger partial charge in [-0.3, -0.25) is 0 Å². The first-order chi connectivity index (χ1) is 11.1. The SMILES string of the molecule is CCCc1c(O)c(O)c(CCC)c2c1Oc1cccc(Cl)c1O2. The lowest BCUT2D eigenvalue weighted by Crippen LogP contribution is -2.06. The van der Waals surface area contributed by atoms with E-state index in [0.717, 1.165) is 12.8 Å². The van der Waals surface area contributed by atoms with Crippen LogP contribution in [0.25, 0.3) is 0 Å². The number of aromatic hydroxyl groups is 2. The molecule has 2 aromatic carbocycles. The van der Waals surface area contributed by atoms with E-state index in [2.05, 4.69) is 0 Å². The Balaban J connectivity index is 2.23. The molecule has 4 nitrogen and oxygen atoms in total. The minimum atomic E-state index is -0.131. The van der Waals surface area contributed by atoms with E-state index in [1.54, 1.807) is 18.2 Å². The monoisotopic (exact) mass is 334 g/mol. The number of hydrogen-bond acceptors (Lipinski definition) is 4. The first-order valence-electron chi connectivity index (χ1n) is 7.82. The van der Waals surface area contributed by atoms with E-state index in [9.17, 15) is 10.2 Å². The zero-order chi connectivity index (χ0) is 16.6. The van der Waals surface area contributed by atoms with Crippen molar-refractivity contribution in [3.63, 3.8) is 0 Å². The van der Waals surface area contributed by atoms with Gasteiger partial charge in [-0.15, -0.1) is 0 Å². The fraction of sp³-hybridized carbons (Fsp3) is 0.333. The van der Waals surface area contributed by atoms with Crippen LogP contribution in [0.1, 0.15) is 37.8 Å². The zero-order valence-electron chi connectivity index (χ0n) is 13.1. The van der Waals surface area contributed by atoms with Gasteiger partial charge in [0.25, 0.3) is 0 Å². The molecule has 0 aromatic heterocycles. The normalized spacial score (nSPS) is 12.1. The second-order valence-electron chi connectivity index (χ2n) is 5.58. The van der Waals surface area contributed by atoms with E-state index in [1.807, 2.05) is 13.8 Å². The van der Waals surface area contributed by atoms with E-state index >= 15 is 0 Å². The van der Waals surface area contributed by atoms with Crippen LogP contribution in [0.15, 0.2) is 18.2 Å². The van der Waals surface area contributed by atoms with Gasteiger partial charge in [0.2, 0.25) is 0 Å². The largest absolute Gasteiger partial charge is 0.504 e. The molecule has 1 aliphatic rings. The number of para-hydroxylation sites is 1. The lowest BCUT2D eigenvalue weighted by Gasteiger charge is -2.27. The van der Waals surface area contributed by atoms with Crippen molar-refractivity contribution in [1.29, 1.82) is 0 Å². The van der Waals surface area contributed by atoms with Gasteiger partial charge in [-0.25, -0.2) is 0 Å². The van der Waals surface area contributed by atoms with Crippen molar-refractivity contribution >= 4 is 11.6 Å². The summed E-state index contributed by atoms with van der Waals surface area (Å²) in [4.78, 5) is 0. The van der Waals surface area contributed by atoms with E-state index in [1.165, 1.54) is 0 Å². The molecule has 0 amide bonds. The van der Waals surface area contributed by atoms with E-state index in [0.29, 0.717) is 52.0 Å². The molecule has 3 rings (SSSR count). The molecule has 5 heteroatoms. The first kappa shape index (κ1) is 15.8. The molecule has 2 aromatic rings. The fourth-order valence-corrected chi connectivity index (χ4v) is 3.04. The molecule has 1 aliphatic heterocycles. The third kappa shape index (κ3) is 2.57. The van der Waals surface area contributed by atoms with Crippen LogP contribution in [0.3, 0.4) is 0 Å². The Kier molecular flexibility index (Phi) is 4.26. The predicted octanol–water partition coefficient (Wildman–Crippen LogP) is 5.55. The summed E-state index contributed by atoms with van der Waals surface area (Å²) in [6.07, 6.45) is 2.74. The standard InChI is InChI=1S/C18H19ClO4/c1-3-6-10-14(20)15(21)11(7-4-2)17-16(10)22-13-9-5-8-12(19)18(13)23-17/h5,8-9,20-21H,3-4,6-7H2,1-2H3. The van der Waals surface area contributed by atoms with Crippen molar-refractivity contribution in [2.45, 2.75) is 39.5 Å². The number of halogens is 1. The Morgan fingerprint density at radius 2 is 1.43 bits per heavy atom. The van der Waals surface area contributed by atoms with Crippen LogP contribution in [0.4, 0.5) is 0 Å². The average Bonchev–Trinajstić information content (AvgIpc) is 2.55. The molecule has 0 unspecified atom stereocenters. The third-order valence-electron chi connectivity index (χ3n) is 3.90. The third-order valence-corrected chi connectivity index (χ3v) is 4.20. The maximum atomic E-state index is 10.4. The molecule has 0 spiro atoms. The van der Waals surface area contributed by atoms with Gasteiger partial charge in [-0.1, -0.05) is 44.4 Å². The van der Waals surface area contributed by atoms with Crippen molar-refractivity contribution in [3.05, 3.63) is 34.3 Å². The summed E-state index contributed by atoms with van der Waals surface area (Å²) in [5, 5.41) is 21.2. The minimum Gasteiger partial charge on any atom is -0.504 e. The zero-order valence-corrected chi connectivity index (χ0v) is 13.9. The highest BCUT2D eigenvalue weighted by Crippen LogP contribution is 2.56. The molecule has 0 fully saturated rings. The molecule has 0 atom stereocenters. The van der Waals surface area contributed by atoms with Gasteiger partial charge >= 0.3 is 0 Å². The van der Waals surface area contributed by atoms with Crippen molar-refractivity contribution in [3.8, 4) is 34.5 Å². The lowest BCUT2D eigenvalue weighted by molar-refractivity contribution is 0.335. The number of ether oxygens (including phenoxy) is 2. The number of phenolic OH excluding ortho intramolecular Hbond substituents is 2. The number of fused-ring (bicyclic) bond motifs is 2. The number of rotatable bonds is 4. The van der Waals surface area contributed by atoms with Gasteiger partial charge in [-0.05, 0) is 25.0 Å². The van der Waals surface area contributed by atoms with Crippen LogP contribution in [-0.2, 0) is 12.8 Å². The molecule has 0 radical (unpaired) electrons. The van der Waals surface area contributed by atoms with Gasteiger partial charge in [-0.2, -0.15) is 0 Å². The van der Waals surface area contributed by atoms with Crippen molar-refractivity contribution < 1.29 is 19.7 Å². The number of benzene rings is 2. The van der Waals surface area contributed by atoms with E-state index < -0.39 is 0 Å². The number of phenols is 2. The smallest absolute Gasteiger partial charge is 0.188 e. The highest BCUT2D eigenvalue weighted by Gasteiger charge is 2.31. The molecule has 2 N–H and O–H groups in total. The molecule has 0 saturated heterocycles. The maximum Gasteiger partial charge on any atom is 0.188 e. The van der Waals surface area contributed by atoms with E-state index in [4.69, 9.17) is 21.1 Å². The summed E-state index contributed by atoms with van der Waals surface area (Å²) in [5.74, 6) is 1.62. The molecule has 0 aliphatic carbocycles. The Bertz CT molecular complexity index is 755. The molecule has 23 heavy (non-hydrogen) atoms. The van der Waals surface area contributed by atoms with Crippen LogP contribution in [0.5, 0.6) is 34.5 Å². The summed E-state index contributed by atoms with van der Waals surface area (Å²) in [7, 11) is 0. The molecular formula is C18H19ClO4. The predicted molar refractivity (Wildman–Crippen MR) is 89.4 cm³/mol. The van der Waals surface area contributed by atoms with E-state index in [-0.39, 0.29) is 11.5 Å². The maximum absolute atomic E-state index is 10.4. The molecule has 0 saturated carbocycles. The minimum absolute atomic E-state index is 0.122. The van der Waals surface area contributed by atoms with Gasteiger partial charge < -0.3 is 19.7 Å². The highest BCUT2D eigenvalue weighted by atomic mass is 35.5. The topological polar surface area (TPSA) is 58.9 Å². The summed E-state index contributed by atoms with van der Waals surface area (Å²) < 4.78 is 12.0. The van der Waals surface area contributed by atoms with Crippen LogP contribution in [0, 0.1) is 0 Å². The second-order valence-corrected chi connectivity index (χ2v) is 5.99. The summed E-state index contributed by atoms with van der Waals surface area (Å²) in [6.45, 7) is 3.99. The quantitative estimate of drug-likeness (QED) is 0.614. The van der Waals surface area contributed by atoms with Gasteiger partial charge in [0, 0.05) is 11.1 Å². The molecular weight excluding hydrogens is 316 g/mol. The Labute approximate surface area is 140 Å². The van der Waals surface area contributed by atoms with Crippen molar-refractivity contribution in [2.75, 3.05) is 0 Å². The Morgan fingerprint density at radius 3 is 2.00 bits per heavy atom. The number of hydrogen-bond donors (Lipinski definition) is 2. The van der Waals surface area contributed by atoms with Crippen LogP contribution < -0.4 is 9.47 Å². The van der Waals surface area contributed by atoms with Gasteiger partial charge in [0.1, 0.15) is 0 Å².